The molecule has 0 saturated heterocycles. The van der Waals surface area contributed by atoms with Gasteiger partial charge in [0.1, 0.15) is 5.69 Å². The number of para-hydroxylation sites is 1. The molecule has 0 saturated carbocycles. The standard InChI is InChI=1S/C22H18N2O2S/c25-21(14-18-16-8-4-5-9-19(16)26-23-18)24-12-10-20-17(11-13-27-20)22(24)15-6-2-1-3-7-15/h1-9,11,13,22H,10,12,14H2. The Hall–Kier alpha value is -2.92. The molecule has 1 aliphatic heterocycles. The first-order valence-electron chi connectivity index (χ1n) is 9.05. The summed E-state index contributed by atoms with van der Waals surface area (Å²) in [6, 6.07) is 20.1. The summed E-state index contributed by atoms with van der Waals surface area (Å²) in [5.74, 6) is 0.0831. The molecule has 134 valence electrons. The number of thiophene rings is 1. The van der Waals surface area contributed by atoms with Crippen molar-refractivity contribution in [1.29, 1.82) is 0 Å². The average molecular weight is 374 g/mol. The Balaban J connectivity index is 1.50. The second-order valence-electron chi connectivity index (χ2n) is 6.75. The Morgan fingerprint density at radius 2 is 1.93 bits per heavy atom. The largest absolute Gasteiger partial charge is 0.356 e. The van der Waals surface area contributed by atoms with Crippen molar-refractivity contribution < 1.29 is 9.32 Å². The van der Waals surface area contributed by atoms with Crippen LogP contribution in [0.25, 0.3) is 11.0 Å². The molecule has 0 spiro atoms. The monoisotopic (exact) mass is 374 g/mol. The summed E-state index contributed by atoms with van der Waals surface area (Å²) in [5.41, 5.74) is 3.82. The highest BCUT2D eigenvalue weighted by atomic mass is 32.1. The lowest BCUT2D eigenvalue weighted by molar-refractivity contribution is -0.132. The lowest BCUT2D eigenvalue weighted by atomic mass is 9.93. The van der Waals surface area contributed by atoms with Gasteiger partial charge in [0.25, 0.3) is 0 Å². The Morgan fingerprint density at radius 3 is 2.81 bits per heavy atom. The van der Waals surface area contributed by atoms with Crippen molar-refractivity contribution in [3.63, 3.8) is 0 Å². The van der Waals surface area contributed by atoms with Crippen molar-refractivity contribution in [2.45, 2.75) is 18.9 Å². The van der Waals surface area contributed by atoms with E-state index in [1.165, 1.54) is 10.4 Å². The van der Waals surface area contributed by atoms with Crippen molar-refractivity contribution >= 4 is 28.2 Å². The number of nitrogens with zero attached hydrogens (tertiary/aromatic N) is 2. The van der Waals surface area contributed by atoms with Crippen LogP contribution >= 0.6 is 11.3 Å². The third kappa shape index (κ3) is 2.84. The zero-order valence-corrected chi connectivity index (χ0v) is 15.5. The molecular weight excluding hydrogens is 356 g/mol. The maximum absolute atomic E-state index is 13.3. The van der Waals surface area contributed by atoms with Gasteiger partial charge in [0.05, 0.1) is 12.5 Å². The molecule has 1 atom stereocenters. The Morgan fingerprint density at radius 1 is 1.11 bits per heavy atom. The maximum Gasteiger partial charge on any atom is 0.229 e. The van der Waals surface area contributed by atoms with Crippen LogP contribution in [-0.4, -0.2) is 22.5 Å². The molecule has 0 fully saturated rings. The summed E-state index contributed by atoms with van der Waals surface area (Å²) in [7, 11) is 0. The number of amides is 1. The fraction of sp³-hybridized carbons (Fsp3) is 0.182. The molecule has 4 nitrogen and oxygen atoms in total. The predicted molar refractivity (Wildman–Crippen MR) is 106 cm³/mol. The number of hydrogen-bond acceptors (Lipinski definition) is 4. The van der Waals surface area contributed by atoms with Gasteiger partial charge in [0.2, 0.25) is 5.91 Å². The topological polar surface area (TPSA) is 46.3 Å². The van der Waals surface area contributed by atoms with E-state index in [1.807, 2.05) is 47.4 Å². The van der Waals surface area contributed by atoms with Gasteiger partial charge in [-0.15, -0.1) is 11.3 Å². The highest BCUT2D eigenvalue weighted by Crippen LogP contribution is 2.38. The Bertz CT molecular complexity index is 1100. The number of fused-ring (bicyclic) bond motifs is 2. The molecule has 0 radical (unpaired) electrons. The SMILES string of the molecule is O=C(Cc1noc2ccccc12)N1CCc2sccc2C1c1ccccc1. The first-order chi connectivity index (χ1) is 13.3. The number of hydrogen-bond donors (Lipinski definition) is 0. The van der Waals surface area contributed by atoms with Gasteiger partial charge in [0, 0.05) is 16.8 Å². The van der Waals surface area contributed by atoms with Crippen molar-refractivity contribution in [3.05, 3.63) is 87.7 Å². The molecule has 0 aliphatic carbocycles. The third-order valence-electron chi connectivity index (χ3n) is 5.17. The second kappa shape index (κ2) is 6.67. The molecule has 3 heterocycles. The lowest BCUT2D eigenvalue weighted by Crippen LogP contribution is -2.40. The van der Waals surface area contributed by atoms with Crippen LogP contribution in [0.15, 0.2) is 70.6 Å². The van der Waals surface area contributed by atoms with E-state index in [-0.39, 0.29) is 18.4 Å². The molecule has 2 aromatic carbocycles. The average Bonchev–Trinajstić information content (AvgIpc) is 3.35. The summed E-state index contributed by atoms with van der Waals surface area (Å²) in [5, 5.41) is 7.18. The fourth-order valence-electron chi connectivity index (χ4n) is 3.89. The number of aromatic nitrogens is 1. The lowest BCUT2D eigenvalue weighted by Gasteiger charge is -2.36. The van der Waals surface area contributed by atoms with Crippen LogP contribution in [-0.2, 0) is 17.6 Å². The van der Waals surface area contributed by atoms with Crippen LogP contribution in [0, 0.1) is 0 Å². The zero-order chi connectivity index (χ0) is 18.2. The highest BCUT2D eigenvalue weighted by molar-refractivity contribution is 7.10. The summed E-state index contributed by atoms with van der Waals surface area (Å²) >= 11 is 1.78. The van der Waals surface area contributed by atoms with Gasteiger partial charge >= 0.3 is 0 Å². The van der Waals surface area contributed by atoms with Gasteiger partial charge < -0.3 is 9.42 Å². The summed E-state index contributed by atoms with van der Waals surface area (Å²) in [6.07, 6.45) is 1.15. The fourth-order valence-corrected chi connectivity index (χ4v) is 4.79. The van der Waals surface area contributed by atoms with Crippen molar-refractivity contribution in [3.8, 4) is 0 Å². The quantitative estimate of drug-likeness (QED) is 0.526. The van der Waals surface area contributed by atoms with Crippen LogP contribution in [0.5, 0.6) is 0 Å². The van der Waals surface area contributed by atoms with E-state index in [9.17, 15) is 4.79 Å². The van der Waals surface area contributed by atoms with Crippen molar-refractivity contribution in [2.75, 3.05) is 6.54 Å². The van der Waals surface area contributed by atoms with Crippen LogP contribution in [0.3, 0.4) is 0 Å². The summed E-state index contributed by atoms with van der Waals surface area (Å²) < 4.78 is 5.37. The first-order valence-corrected chi connectivity index (χ1v) is 9.93. The van der Waals surface area contributed by atoms with Gasteiger partial charge in [-0.3, -0.25) is 4.79 Å². The molecular formula is C22H18N2O2S. The number of rotatable bonds is 3. The molecule has 4 aromatic rings. The van der Waals surface area contributed by atoms with Crippen LogP contribution in [0.4, 0.5) is 0 Å². The van der Waals surface area contributed by atoms with E-state index in [0.717, 1.165) is 29.5 Å². The Kier molecular flexibility index (Phi) is 4.02. The van der Waals surface area contributed by atoms with Gasteiger partial charge in [-0.1, -0.05) is 47.6 Å². The van der Waals surface area contributed by atoms with Gasteiger partial charge in [-0.25, -0.2) is 0 Å². The normalized spacial score (nSPS) is 16.4. The highest BCUT2D eigenvalue weighted by Gasteiger charge is 2.33. The van der Waals surface area contributed by atoms with E-state index >= 15 is 0 Å². The van der Waals surface area contributed by atoms with Gasteiger partial charge in [-0.05, 0) is 41.1 Å². The van der Waals surface area contributed by atoms with E-state index in [0.29, 0.717) is 5.69 Å². The van der Waals surface area contributed by atoms with E-state index in [4.69, 9.17) is 4.52 Å². The van der Waals surface area contributed by atoms with Crippen molar-refractivity contribution in [1.82, 2.24) is 10.1 Å². The third-order valence-corrected chi connectivity index (χ3v) is 6.17. The van der Waals surface area contributed by atoms with Crippen LogP contribution in [0.1, 0.15) is 27.7 Å². The van der Waals surface area contributed by atoms with E-state index in [1.54, 1.807) is 11.3 Å². The van der Waals surface area contributed by atoms with Gasteiger partial charge in [-0.2, -0.15) is 0 Å². The number of benzene rings is 2. The molecule has 2 aromatic heterocycles. The molecule has 5 heteroatoms. The molecule has 0 N–H and O–H groups in total. The summed E-state index contributed by atoms with van der Waals surface area (Å²) in [4.78, 5) is 16.6. The molecule has 0 bridgehead atoms. The van der Waals surface area contributed by atoms with Gasteiger partial charge in [0.15, 0.2) is 5.58 Å². The Labute approximate surface area is 161 Å². The smallest absolute Gasteiger partial charge is 0.229 e. The number of carbonyl (C=O) groups excluding carboxylic acids is 1. The zero-order valence-electron chi connectivity index (χ0n) is 14.7. The molecule has 1 unspecified atom stereocenters. The minimum Gasteiger partial charge on any atom is -0.356 e. The summed E-state index contributed by atoms with van der Waals surface area (Å²) in [6.45, 7) is 0.724. The second-order valence-corrected chi connectivity index (χ2v) is 7.75. The minimum absolute atomic E-state index is 0.0353. The first kappa shape index (κ1) is 16.3. The molecule has 5 rings (SSSR count). The maximum atomic E-state index is 13.3. The van der Waals surface area contributed by atoms with Crippen LogP contribution < -0.4 is 0 Å². The van der Waals surface area contributed by atoms with E-state index in [2.05, 4.69) is 28.7 Å². The predicted octanol–water partition coefficient (Wildman–Crippen LogP) is 4.61. The molecule has 27 heavy (non-hydrogen) atoms. The van der Waals surface area contributed by atoms with E-state index < -0.39 is 0 Å². The van der Waals surface area contributed by atoms with Crippen molar-refractivity contribution in [2.24, 2.45) is 0 Å². The number of carbonyl (C=O) groups is 1. The minimum atomic E-state index is -0.0353. The van der Waals surface area contributed by atoms with Crippen LogP contribution in [0.2, 0.25) is 0 Å². The molecule has 1 aliphatic rings. The molecule has 1 amide bonds.